The second kappa shape index (κ2) is 8.54. The lowest BCUT2D eigenvalue weighted by Crippen LogP contribution is -2.21. The lowest BCUT2D eigenvalue weighted by molar-refractivity contribution is -0.116. The molecule has 0 bridgehead atoms. The number of hydrogen-bond donors (Lipinski definition) is 1. The van der Waals surface area contributed by atoms with Crippen LogP contribution < -0.4 is 10.7 Å². The van der Waals surface area contributed by atoms with Crippen molar-refractivity contribution in [3.8, 4) is 11.3 Å². The minimum atomic E-state index is -0.192. The third kappa shape index (κ3) is 4.13. The van der Waals surface area contributed by atoms with Crippen LogP contribution in [0.25, 0.3) is 33.1 Å². The summed E-state index contributed by atoms with van der Waals surface area (Å²) in [5.41, 5.74) is 4.66. The predicted octanol–water partition coefficient (Wildman–Crippen LogP) is 6.21. The van der Waals surface area contributed by atoms with Crippen molar-refractivity contribution in [1.82, 2.24) is 9.55 Å². The molecule has 5 aromatic rings. The molecule has 5 rings (SSSR count). The number of fused-ring (bicyclic) bond motifs is 2. The highest BCUT2D eigenvalue weighted by molar-refractivity contribution is 7.14. The van der Waals surface area contributed by atoms with Crippen LogP contribution in [0.3, 0.4) is 0 Å². The van der Waals surface area contributed by atoms with E-state index in [1.54, 1.807) is 12.1 Å². The average Bonchev–Trinajstić information content (AvgIpc) is 3.29. The third-order valence-electron chi connectivity index (χ3n) is 5.98. The van der Waals surface area contributed by atoms with Gasteiger partial charge in [0.15, 0.2) is 10.6 Å². The van der Waals surface area contributed by atoms with E-state index in [2.05, 4.69) is 55.3 Å². The molecule has 0 saturated carbocycles. The normalized spacial score (nSPS) is 11.7. The molecule has 6 heteroatoms. The van der Waals surface area contributed by atoms with E-state index in [-0.39, 0.29) is 23.3 Å². The fourth-order valence-corrected chi connectivity index (χ4v) is 4.89. The Bertz CT molecular complexity index is 1510. The summed E-state index contributed by atoms with van der Waals surface area (Å²) < 4.78 is 1.89. The Morgan fingerprint density at radius 3 is 2.09 bits per heavy atom. The van der Waals surface area contributed by atoms with Crippen molar-refractivity contribution in [2.45, 2.75) is 32.7 Å². The first-order chi connectivity index (χ1) is 16.3. The van der Waals surface area contributed by atoms with Crippen LogP contribution >= 0.6 is 11.3 Å². The number of amides is 1. The summed E-state index contributed by atoms with van der Waals surface area (Å²) in [7, 11) is 0. The number of thiazole rings is 1. The van der Waals surface area contributed by atoms with Gasteiger partial charge in [0.2, 0.25) is 5.91 Å². The first kappa shape index (κ1) is 22.0. The predicted molar refractivity (Wildman–Crippen MR) is 141 cm³/mol. The number of aromatic nitrogens is 2. The maximum atomic E-state index is 13.0. The number of pyridine rings is 1. The monoisotopic (exact) mass is 467 g/mol. The summed E-state index contributed by atoms with van der Waals surface area (Å²) in [6.45, 7) is 6.64. The van der Waals surface area contributed by atoms with E-state index in [0.717, 1.165) is 22.3 Å². The van der Waals surface area contributed by atoms with Gasteiger partial charge in [-0.1, -0.05) is 69.3 Å². The van der Waals surface area contributed by atoms with Crippen LogP contribution in [-0.2, 0) is 16.8 Å². The Morgan fingerprint density at radius 2 is 1.50 bits per heavy atom. The van der Waals surface area contributed by atoms with Gasteiger partial charge in [-0.3, -0.25) is 9.59 Å². The van der Waals surface area contributed by atoms with Crippen molar-refractivity contribution in [2.75, 3.05) is 5.32 Å². The summed E-state index contributed by atoms with van der Waals surface area (Å²) >= 11 is 1.40. The summed E-state index contributed by atoms with van der Waals surface area (Å²) in [5, 5.41) is 6.63. The van der Waals surface area contributed by atoms with Crippen LogP contribution in [0, 0.1) is 0 Å². The van der Waals surface area contributed by atoms with Gasteiger partial charge in [-0.15, -0.1) is 11.3 Å². The fraction of sp³-hybridized carbons (Fsp3) is 0.179. The third-order valence-corrected chi connectivity index (χ3v) is 6.74. The molecular formula is C28H25N3O2S. The number of nitrogens with zero attached hydrogens (tertiary/aromatic N) is 2. The van der Waals surface area contributed by atoms with Crippen LogP contribution in [0.2, 0.25) is 0 Å². The van der Waals surface area contributed by atoms with Crippen molar-refractivity contribution < 1.29 is 4.79 Å². The molecule has 0 unspecified atom stereocenters. The Labute approximate surface area is 201 Å². The van der Waals surface area contributed by atoms with E-state index in [0.29, 0.717) is 15.9 Å². The molecule has 34 heavy (non-hydrogen) atoms. The van der Waals surface area contributed by atoms with Gasteiger partial charge in [-0.05, 0) is 35.2 Å². The van der Waals surface area contributed by atoms with Gasteiger partial charge in [0.05, 0.1) is 16.7 Å². The lowest BCUT2D eigenvalue weighted by Gasteiger charge is -2.18. The molecule has 0 fully saturated rings. The largest absolute Gasteiger partial charge is 0.331 e. The van der Waals surface area contributed by atoms with Crippen LogP contribution in [-0.4, -0.2) is 15.5 Å². The van der Waals surface area contributed by atoms with Gasteiger partial charge < -0.3 is 9.88 Å². The fourth-order valence-electron chi connectivity index (χ4n) is 4.15. The maximum Gasteiger partial charge on any atom is 0.246 e. The molecule has 2 aromatic heterocycles. The maximum absolute atomic E-state index is 13.0. The van der Waals surface area contributed by atoms with Crippen molar-refractivity contribution in [3.05, 3.63) is 94.0 Å². The van der Waals surface area contributed by atoms with Crippen LogP contribution in [0.1, 0.15) is 26.3 Å². The second-order valence-electron chi connectivity index (χ2n) is 9.36. The van der Waals surface area contributed by atoms with E-state index < -0.39 is 0 Å². The number of anilines is 1. The molecule has 0 aliphatic carbocycles. The summed E-state index contributed by atoms with van der Waals surface area (Å²) in [5.74, 6) is -0.192. The highest BCUT2D eigenvalue weighted by atomic mass is 32.1. The van der Waals surface area contributed by atoms with E-state index >= 15 is 0 Å². The molecule has 0 atom stereocenters. The van der Waals surface area contributed by atoms with Gasteiger partial charge in [-0.25, -0.2) is 4.98 Å². The van der Waals surface area contributed by atoms with Gasteiger partial charge >= 0.3 is 0 Å². The summed E-state index contributed by atoms with van der Waals surface area (Å²) in [6, 6.07) is 23.2. The first-order valence-corrected chi connectivity index (χ1v) is 12.1. The molecule has 1 amide bonds. The zero-order valence-electron chi connectivity index (χ0n) is 19.3. The van der Waals surface area contributed by atoms with Crippen LogP contribution in [0.5, 0.6) is 0 Å². The Morgan fingerprint density at radius 1 is 0.912 bits per heavy atom. The van der Waals surface area contributed by atoms with Crippen molar-refractivity contribution >= 4 is 44.2 Å². The highest BCUT2D eigenvalue weighted by Gasteiger charge is 2.16. The quantitative estimate of drug-likeness (QED) is 0.319. The number of para-hydroxylation sites is 2. The molecule has 170 valence electrons. The lowest BCUT2D eigenvalue weighted by atomic mass is 9.86. The molecule has 0 aliphatic heterocycles. The number of rotatable bonds is 4. The van der Waals surface area contributed by atoms with Gasteiger partial charge in [0, 0.05) is 21.7 Å². The van der Waals surface area contributed by atoms with Crippen molar-refractivity contribution in [3.63, 3.8) is 0 Å². The number of carbonyl (C=O) groups is 1. The van der Waals surface area contributed by atoms with E-state index in [1.807, 2.05) is 46.3 Å². The SMILES string of the molecule is CC(C)(C)c1ccc(-c2csc(NC(=O)Cn3c4ccccc4c(=O)c4ccccc43)n2)cc1. The molecule has 3 aromatic carbocycles. The minimum Gasteiger partial charge on any atom is -0.331 e. The molecular weight excluding hydrogens is 442 g/mol. The number of hydrogen-bond acceptors (Lipinski definition) is 4. The number of carbonyl (C=O) groups excluding carboxylic acids is 1. The Balaban J connectivity index is 1.41. The Hall–Kier alpha value is -3.77. The zero-order chi connectivity index (χ0) is 23.9. The molecule has 0 spiro atoms. The summed E-state index contributed by atoms with van der Waals surface area (Å²) in [4.78, 5) is 30.5. The van der Waals surface area contributed by atoms with Gasteiger partial charge in [0.1, 0.15) is 6.54 Å². The summed E-state index contributed by atoms with van der Waals surface area (Å²) in [6.07, 6.45) is 0. The van der Waals surface area contributed by atoms with Gasteiger partial charge in [-0.2, -0.15) is 0 Å². The topological polar surface area (TPSA) is 64.0 Å². The molecule has 1 N–H and O–H groups in total. The minimum absolute atomic E-state index is 0.0232. The van der Waals surface area contributed by atoms with Crippen molar-refractivity contribution in [2.24, 2.45) is 0 Å². The van der Waals surface area contributed by atoms with E-state index in [4.69, 9.17) is 0 Å². The van der Waals surface area contributed by atoms with E-state index in [1.165, 1.54) is 16.9 Å². The van der Waals surface area contributed by atoms with Gasteiger partial charge in [0.25, 0.3) is 0 Å². The number of nitrogens with one attached hydrogen (secondary N) is 1. The molecule has 0 radical (unpaired) electrons. The molecule has 5 nitrogen and oxygen atoms in total. The van der Waals surface area contributed by atoms with Crippen LogP contribution in [0.4, 0.5) is 5.13 Å². The molecule has 0 aliphatic rings. The Kier molecular flexibility index (Phi) is 5.54. The molecule has 2 heterocycles. The van der Waals surface area contributed by atoms with Crippen molar-refractivity contribution in [1.29, 1.82) is 0 Å². The zero-order valence-corrected chi connectivity index (χ0v) is 20.1. The highest BCUT2D eigenvalue weighted by Crippen LogP contribution is 2.28. The molecule has 0 saturated heterocycles. The number of benzene rings is 3. The second-order valence-corrected chi connectivity index (χ2v) is 10.2. The van der Waals surface area contributed by atoms with Crippen LogP contribution in [0.15, 0.2) is 83.0 Å². The smallest absolute Gasteiger partial charge is 0.246 e. The standard InChI is InChI=1S/C28H25N3O2S/c1-28(2,3)19-14-12-18(13-15-19)22-17-34-27(29-22)30-25(32)16-31-23-10-6-4-8-20(23)26(33)21-9-5-7-11-24(21)31/h4-15,17H,16H2,1-3H3,(H,29,30,32). The average molecular weight is 468 g/mol. The first-order valence-electron chi connectivity index (χ1n) is 11.2. The van der Waals surface area contributed by atoms with E-state index in [9.17, 15) is 9.59 Å².